The molecule has 0 heterocycles. The molecule has 0 amide bonds. The Morgan fingerprint density at radius 2 is 1.94 bits per heavy atom. The van der Waals surface area contributed by atoms with Gasteiger partial charge in [-0.05, 0) is 26.0 Å². The number of benzene rings is 1. The van der Waals surface area contributed by atoms with E-state index < -0.39 is 11.6 Å². The maximum atomic E-state index is 13.0. The molecule has 0 aliphatic heterocycles. The molecule has 1 aromatic carbocycles. The minimum atomic E-state index is -0.824. The van der Waals surface area contributed by atoms with E-state index in [0.717, 1.165) is 6.07 Å². The van der Waals surface area contributed by atoms with Crippen molar-refractivity contribution in [3.05, 3.63) is 29.8 Å². The summed E-state index contributed by atoms with van der Waals surface area (Å²) in [7, 11) is 0. The molecule has 92 valence electrons. The Hall–Kier alpha value is -0.870. The van der Waals surface area contributed by atoms with Gasteiger partial charge in [-0.1, -0.05) is 0 Å². The van der Waals surface area contributed by atoms with E-state index in [1.807, 2.05) is 18.7 Å². The molecule has 1 unspecified atom stereocenters. The number of likely N-dealkylation sites (N-methyl/N-ethyl adjacent to an activating group) is 1. The van der Waals surface area contributed by atoms with Crippen molar-refractivity contribution in [2.24, 2.45) is 5.73 Å². The summed E-state index contributed by atoms with van der Waals surface area (Å²) in [5, 5.41) is 0. The smallest absolute Gasteiger partial charge is 0.160 e. The number of nitrogens with two attached hydrogens (primary N) is 1. The first kappa shape index (κ1) is 15.1. The quantitative estimate of drug-likeness (QED) is 0.890. The largest absolute Gasteiger partial charge is 0.370 e. The molecule has 1 atom stereocenters. The molecule has 0 aliphatic rings. The van der Waals surface area contributed by atoms with E-state index in [2.05, 4.69) is 0 Å². The lowest BCUT2D eigenvalue weighted by Gasteiger charge is -2.25. The molecule has 0 saturated heterocycles. The van der Waals surface area contributed by atoms with Crippen molar-refractivity contribution in [1.82, 2.24) is 0 Å². The minimum Gasteiger partial charge on any atom is -0.370 e. The van der Waals surface area contributed by atoms with Crippen molar-refractivity contribution in [1.29, 1.82) is 0 Å². The van der Waals surface area contributed by atoms with E-state index in [1.165, 1.54) is 6.07 Å². The predicted octanol–water partition coefficient (Wildman–Crippen LogP) is 2.56. The van der Waals surface area contributed by atoms with Crippen molar-refractivity contribution >= 4 is 18.1 Å². The summed E-state index contributed by atoms with van der Waals surface area (Å²) in [5.41, 5.74) is 6.33. The van der Waals surface area contributed by atoms with Gasteiger partial charge in [0, 0.05) is 30.9 Å². The fourth-order valence-electron chi connectivity index (χ4n) is 1.45. The standard InChI is InChI=1S/C11H16F2N2.ClH/c1-3-15(7-8(2)14)9-4-5-10(12)11(13)6-9;/h4-6,8H,3,7,14H2,1-2H3;1H. The Labute approximate surface area is 101 Å². The molecular weight excluding hydrogens is 234 g/mol. The number of hydrogen-bond donors (Lipinski definition) is 1. The highest BCUT2D eigenvalue weighted by atomic mass is 35.5. The highest BCUT2D eigenvalue weighted by Gasteiger charge is 2.09. The average Bonchev–Trinajstić information content (AvgIpc) is 2.18. The topological polar surface area (TPSA) is 29.3 Å². The molecule has 2 nitrogen and oxygen atoms in total. The third-order valence-electron chi connectivity index (χ3n) is 2.16. The van der Waals surface area contributed by atoms with Crippen molar-refractivity contribution in [3.8, 4) is 0 Å². The highest BCUT2D eigenvalue weighted by Crippen LogP contribution is 2.17. The van der Waals surface area contributed by atoms with Crippen LogP contribution in [0.25, 0.3) is 0 Å². The van der Waals surface area contributed by atoms with Crippen LogP contribution in [0.2, 0.25) is 0 Å². The van der Waals surface area contributed by atoms with Crippen LogP contribution in [0.5, 0.6) is 0 Å². The first-order valence-corrected chi connectivity index (χ1v) is 5.00. The lowest BCUT2D eigenvalue weighted by atomic mass is 10.2. The van der Waals surface area contributed by atoms with Crippen molar-refractivity contribution in [3.63, 3.8) is 0 Å². The number of nitrogens with zero attached hydrogens (tertiary/aromatic N) is 1. The Kier molecular flexibility index (Phi) is 6.29. The minimum absolute atomic E-state index is 0. The van der Waals surface area contributed by atoms with Gasteiger partial charge in [-0.25, -0.2) is 8.78 Å². The van der Waals surface area contributed by atoms with Gasteiger partial charge in [0.2, 0.25) is 0 Å². The molecule has 16 heavy (non-hydrogen) atoms. The zero-order valence-corrected chi connectivity index (χ0v) is 10.2. The Balaban J connectivity index is 0.00000225. The fraction of sp³-hybridized carbons (Fsp3) is 0.455. The lowest BCUT2D eigenvalue weighted by molar-refractivity contribution is 0.508. The van der Waals surface area contributed by atoms with Gasteiger partial charge in [0.1, 0.15) is 0 Å². The summed E-state index contributed by atoms with van der Waals surface area (Å²) in [6, 6.07) is 3.89. The van der Waals surface area contributed by atoms with E-state index in [1.54, 1.807) is 6.07 Å². The zero-order chi connectivity index (χ0) is 11.4. The second kappa shape index (κ2) is 6.66. The summed E-state index contributed by atoms with van der Waals surface area (Å²) in [6.07, 6.45) is 0. The van der Waals surface area contributed by atoms with Crippen LogP contribution in [0.3, 0.4) is 0 Å². The van der Waals surface area contributed by atoms with E-state index in [9.17, 15) is 8.78 Å². The van der Waals surface area contributed by atoms with Crippen LogP contribution >= 0.6 is 12.4 Å². The molecule has 0 saturated carbocycles. The molecule has 0 bridgehead atoms. The number of anilines is 1. The molecule has 0 aliphatic carbocycles. The molecular formula is C11H17ClF2N2. The molecule has 1 rings (SSSR count). The SMILES string of the molecule is CCN(CC(C)N)c1ccc(F)c(F)c1.Cl. The number of halogens is 3. The maximum Gasteiger partial charge on any atom is 0.160 e. The van der Waals surface area contributed by atoms with Crippen LogP contribution in [0.15, 0.2) is 18.2 Å². The molecule has 5 heteroatoms. The zero-order valence-electron chi connectivity index (χ0n) is 9.41. The van der Waals surface area contributed by atoms with E-state index in [-0.39, 0.29) is 18.4 Å². The number of rotatable bonds is 4. The summed E-state index contributed by atoms with van der Waals surface area (Å²) in [4.78, 5) is 1.91. The van der Waals surface area contributed by atoms with Crippen molar-refractivity contribution in [2.75, 3.05) is 18.0 Å². The van der Waals surface area contributed by atoms with Crippen LogP contribution in [0.1, 0.15) is 13.8 Å². The normalized spacial score (nSPS) is 11.8. The molecule has 0 aromatic heterocycles. The molecule has 1 aromatic rings. The van der Waals surface area contributed by atoms with Crippen molar-refractivity contribution < 1.29 is 8.78 Å². The third kappa shape index (κ3) is 3.94. The predicted molar refractivity (Wildman–Crippen MR) is 65.1 cm³/mol. The Morgan fingerprint density at radius 1 is 1.31 bits per heavy atom. The van der Waals surface area contributed by atoms with Gasteiger partial charge in [-0.2, -0.15) is 0 Å². The van der Waals surface area contributed by atoms with Gasteiger partial charge in [0.15, 0.2) is 11.6 Å². The van der Waals surface area contributed by atoms with E-state index in [0.29, 0.717) is 18.8 Å². The van der Waals surface area contributed by atoms with Crippen LogP contribution in [-0.4, -0.2) is 19.1 Å². The second-order valence-electron chi connectivity index (χ2n) is 3.61. The molecule has 0 radical (unpaired) electrons. The van der Waals surface area contributed by atoms with E-state index >= 15 is 0 Å². The van der Waals surface area contributed by atoms with Crippen LogP contribution in [-0.2, 0) is 0 Å². The summed E-state index contributed by atoms with van der Waals surface area (Å²) < 4.78 is 25.7. The first-order chi connectivity index (χ1) is 7.04. The van der Waals surface area contributed by atoms with Gasteiger partial charge < -0.3 is 10.6 Å². The van der Waals surface area contributed by atoms with Gasteiger partial charge in [0.05, 0.1) is 0 Å². The van der Waals surface area contributed by atoms with Crippen LogP contribution < -0.4 is 10.6 Å². The molecule has 0 spiro atoms. The molecule has 2 N–H and O–H groups in total. The number of hydrogen-bond acceptors (Lipinski definition) is 2. The first-order valence-electron chi connectivity index (χ1n) is 5.00. The van der Waals surface area contributed by atoms with Gasteiger partial charge >= 0.3 is 0 Å². The second-order valence-corrected chi connectivity index (χ2v) is 3.61. The van der Waals surface area contributed by atoms with E-state index in [4.69, 9.17) is 5.73 Å². The summed E-state index contributed by atoms with van der Waals surface area (Å²) >= 11 is 0. The van der Waals surface area contributed by atoms with Crippen LogP contribution in [0, 0.1) is 11.6 Å². The van der Waals surface area contributed by atoms with Crippen molar-refractivity contribution in [2.45, 2.75) is 19.9 Å². The maximum absolute atomic E-state index is 13.0. The summed E-state index contributed by atoms with van der Waals surface area (Å²) in [5.74, 6) is -1.65. The Morgan fingerprint density at radius 3 is 2.38 bits per heavy atom. The monoisotopic (exact) mass is 250 g/mol. The fourth-order valence-corrected chi connectivity index (χ4v) is 1.45. The van der Waals surface area contributed by atoms with Gasteiger partial charge in [-0.3, -0.25) is 0 Å². The van der Waals surface area contributed by atoms with Crippen LogP contribution in [0.4, 0.5) is 14.5 Å². The third-order valence-corrected chi connectivity index (χ3v) is 2.16. The molecule has 0 fully saturated rings. The lowest BCUT2D eigenvalue weighted by Crippen LogP contribution is -2.35. The Bertz CT molecular complexity index is 332. The van der Waals surface area contributed by atoms with Gasteiger partial charge in [0.25, 0.3) is 0 Å². The average molecular weight is 251 g/mol. The summed E-state index contributed by atoms with van der Waals surface area (Å²) in [6.45, 7) is 5.17. The van der Waals surface area contributed by atoms with Gasteiger partial charge in [-0.15, -0.1) is 12.4 Å². The highest BCUT2D eigenvalue weighted by molar-refractivity contribution is 5.85.